The van der Waals surface area contributed by atoms with Crippen LogP contribution in [0.2, 0.25) is 0 Å². The van der Waals surface area contributed by atoms with Crippen molar-refractivity contribution in [2.45, 2.75) is 45.6 Å². The highest BCUT2D eigenvalue weighted by Crippen LogP contribution is 2.27. The average Bonchev–Trinajstić information content (AvgIpc) is 2.11. The summed E-state index contributed by atoms with van der Waals surface area (Å²) in [6.45, 7) is 4.78. The maximum atomic E-state index is 11.7. The fourth-order valence-corrected chi connectivity index (χ4v) is 3.35. The molecule has 1 N–H and O–H groups in total. The molecule has 1 rings (SSSR count). The quantitative estimate of drug-likeness (QED) is 0.726. The van der Waals surface area contributed by atoms with Crippen molar-refractivity contribution in [1.29, 1.82) is 0 Å². The van der Waals surface area contributed by atoms with Gasteiger partial charge in [0.1, 0.15) is 0 Å². The van der Waals surface area contributed by atoms with Crippen LogP contribution in [0.25, 0.3) is 0 Å². The van der Waals surface area contributed by atoms with Gasteiger partial charge in [0.05, 0.1) is 11.5 Å². The maximum absolute atomic E-state index is 11.7. The van der Waals surface area contributed by atoms with Gasteiger partial charge in [-0.25, -0.2) is 8.42 Å². The van der Waals surface area contributed by atoms with E-state index >= 15 is 0 Å². The summed E-state index contributed by atoms with van der Waals surface area (Å²) in [5.41, 5.74) is 0. The highest BCUT2D eigenvalue weighted by atomic mass is 32.2. The van der Waals surface area contributed by atoms with Crippen LogP contribution in [0.1, 0.15) is 39.5 Å². The summed E-state index contributed by atoms with van der Waals surface area (Å²) < 4.78 is 23.3. The lowest BCUT2D eigenvalue weighted by atomic mass is 9.87. The SMILES string of the molecule is CCC(C)NCCS(=O)(=O)CC1CCC1. The topological polar surface area (TPSA) is 46.2 Å². The van der Waals surface area contributed by atoms with Gasteiger partial charge in [0.2, 0.25) is 0 Å². The van der Waals surface area contributed by atoms with Crippen LogP contribution < -0.4 is 5.32 Å². The van der Waals surface area contributed by atoms with Gasteiger partial charge in [-0.1, -0.05) is 13.3 Å². The lowest BCUT2D eigenvalue weighted by Crippen LogP contribution is -2.33. The predicted molar refractivity (Wildman–Crippen MR) is 63.8 cm³/mol. The van der Waals surface area contributed by atoms with E-state index in [1.807, 2.05) is 0 Å². The third-order valence-electron chi connectivity index (χ3n) is 3.23. The van der Waals surface area contributed by atoms with Crippen LogP contribution in [0, 0.1) is 5.92 Å². The minimum absolute atomic E-state index is 0.299. The van der Waals surface area contributed by atoms with Crippen LogP contribution in [-0.4, -0.2) is 32.5 Å². The molecule has 0 aromatic carbocycles. The van der Waals surface area contributed by atoms with E-state index in [1.165, 1.54) is 6.42 Å². The molecule has 1 unspecified atom stereocenters. The van der Waals surface area contributed by atoms with Crippen LogP contribution in [0.4, 0.5) is 0 Å². The third-order valence-corrected chi connectivity index (χ3v) is 5.04. The molecule has 1 aliphatic carbocycles. The third kappa shape index (κ3) is 4.98. The van der Waals surface area contributed by atoms with E-state index in [4.69, 9.17) is 0 Å². The number of nitrogens with one attached hydrogen (secondary N) is 1. The molecule has 0 bridgehead atoms. The first-order valence-corrected chi connectivity index (χ1v) is 7.79. The van der Waals surface area contributed by atoms with Gasteiger partial charge in [-0.05, 0) is 32.1 Å². The van der Waals surface area contributed by atoms with E-state index < -0.39 is 9.84 Å². The summed E-state index contributed by atoms with van der Waals surface area (Å²) in [6.07, 6.45) is 4.48. The minimum atomic E-state index is -2.81. The number of sulfone groups is 1. The molecule has 0 spiro atoms. The average molecular weight is 233 g/mol. The van der Waals surface area contributed by atoms with Crippen LogP contribution in [0.3, 0.4) is 0 Å². The molecule has 0 heterocycles. The molecule has 15 heavy (non-hydrogen) atoms. The summed E-state index contributed by atoms with van der Waals surface area (Å²) in [6, 6.07) is 0.420. The highest BCUT2D eigenvalue weighted by molar-refractivity contribution is 7.91. The van der Waals surface area contributed by atoms with Crippen molar-refractivity contribution in [2.75, 3.05) is 18.1 Å². The first-order valence-electron chi connectivity index (χ1n) is 5.97. The standard InChI is InChI=1S/C11H23NO2S/c1-3-10(2)12-7-8-15(13,14)9-11-5-4-6-11/h10-12H,3-9H2,1-2H3. The van der Waals surface area contributed by atoms with Gasteiger partial charge < -0.3 is 5.32 Å². The van der Waals surface area contributed by atoms with E-state index in [0.717, 1.165) is 19.3 Å². The van der Waals surface area contributed by atoms with Gasteiger partial charge in [0, 0.05) is 12.6 Å². The molecule has 1 atom stereocenters. The molecule has 4 heteroatoms. The molecule has 0 aliphatic heterocycles. The zero-order chi connectivity index (χ0) is 11.3. The van der Waals surface area contributed by atoms with Crippen molar-refractivity contribution in [1.82, 2.24) is 5.32 Å². The minimum Gasteiger partial charge on any atom is -0.313 e. The van der Waals surface area contributed by atoms with Crippen LogP contribution in [0.15, 0.2) is 0 Å². The Hall–Kier alpha value is -0.0900. The molecule has 0 aromatic heterocycles. The number of hydrogen-bond donors (Lipinski definition) is 1. The van der Waals surface area contributed by atoms with Crippen molar-refractivity contribution in [3.05, 3.63) is 0 Å². The van der Waals surface area contributed by atoms with Gasteiger partial charge in [-0.3, -0.25) is 0 Å². The second kappa shape index (κ2) is 5.85. The fraction of sp³-hybridized carbons (Fsp3) is 1.00. The second-order valence-electron chi connectivity index (χ2n) is 4.67. The molecule has 1 saturated carbocycles. The van der Waals surface area contributed by atoms with E-state index in [2.05, 4.69) is 19.2 Å². The molecular formula is C11H23NO2S. The zero-order valence-electron chi connectivity index (χ0n) is 9.83. The zero-order valence-corrected chi connectivity index (χ0v) is 10.6. The van der Waals surface area contributed by atoms with Gasteiger partial charge in [-0.2, -0.15) is 0 Å². The van der Waals surface area contributed by atoms with Crippen molar-refractivity contribution >= 4 is 9.84 Å². The Labute approximate surface area is 93.6 Å². The van der Waals surface area contributed by atoms with Crippen molar-refractivity contribution in [3.8, 4) is 0 Å². The maximum Gasteiger partial charge on any atom is 0.151 e. The number of rotatable bonds is 7. The second-order valence-corrected chi connectivity index (χ2v) is 6.90. The number of hydrogen-bond acceptors (Lipinski definition) is 3. The van der Waals surface area contributed by atoms with Crippen LogP contribution in [0.5, 0.6) is 0 Å². The Bertz CT molecular complexity index is 270. The Balaban J connectivity index is 2.17. The van der Waals surface area contributed by atoms with Gasteiger partial charge >= 0.3 is 0 Å². The molecule has 0 radical (unpaired) electrons. The summed E-state index contributed by atoms with van der Waals surface area (Å²) in [7, 11) is -2.81. The Morgan fingerprint density at radius 3 is 2.53 bits per heavy atom. The lowest BCUT2D eigenvalue weighted by Gasteiger charge is -2.24. The fourth-order valence-electron chi connectivity index (χ4n) is 1.71. The van der Waals surface area contributed by atoms with E-state index in [9.17, 15) is 8.42 Å². The Morgan fingerprint density at radius 1 is 1.40 bits per heavy atom. The van der Waals surface area contributed by atoms with E-state index in [1.54, 1.807) is 0 Å². The monoisotopic (exact) mass is 233 g/mol. The first kappa shape index (κ1) is 13.0. The molecule has 3 nitrogen and oxygen atoms in total. The van der Waals surface area contributed by atoms with Crippen molar-refractivity contribution in [2.24, 2.45) is 5.92 Å². The molecule has 0 aromatic rings. The molecule has 90 valence electrons. The Morgan fingerprint density at radius 2 is 2.07 bits per heavy atom. The largest absolute Gasteiger partial charge is 0.313 e. The van der Waals surface area contributed by atoms with Crippen molar-refractivity contribution in [3.63, 3.8) is 0 Å². The summed E-state index contributed by atoms with van der Waals surface area (Å²) >= 11 is 0. The van der Waals surface area contributed by atoms with Crippen molar-refractivity contribution < 1.29 is 8.42 Å². The molecule has 0 amide bonds. The molecule has 1 aliphatic rings. The molecular weight excluding hydrogens is 210 g/mol. The summed E-state index contributed by atoms with van der Waals surface area (Å²) in [5, 5.41) is 3.22. The van der Waals surface area contributed by atoms with Crippen LogP contribution >= 0.6 is 0 Å². The summed E-state index contributed by atoms with van der Waals surface area (Å²) in [5.74, 6) is 1.17. The van der Waals surface area contributed by atoms with Gasteiger partial charge in [-0.15, -0.1) is 0 Å². The van der Waals surface area contributed by atoms with E-state index in [-0.39, 0.29) is 0 Å². The smallest absolute Gasteiger partial charge is 0.151 e. The first-order chi connectivity index (χ1) is 7.03. The predicted octanol–water partition coefficient (Wildman–Crippen LogP) is 1.59. The van der Waals surface area contributed by atoms with Gasteiger partial charge in [0.25, 0.3) is 0 Å². The molecule has 1 fully saturated rings. The Kier molecular flexibility index (Phi) is 5.06. The lowest BCUT2D eigenvalue weighted by molar-refractivity contribution is 0.347. The normalized spacial score (nSPS) is 19.9. The van der Waals surface area contributed by atoms with Gasteiger partial charge in [0.15, 0.2) is 9.84 Å². The summed E-state index contributed by atoms with van der Waals surface area (Å²) in [4.78, 5) is 0. The molecule has 0 saturated heterocycles. The highest BCUT2D eigenvalue weighted by Gasteiger charge is 2.24. The van der Waals surface area contributed by atoms with E-state index in [0.29, 0.717) is 30.0 Å². The van der Waals surface area contributed by atoms with Crippen LogP contribution in [-0.2, 0) is 9.84 Å².